The summed E-state index contributed by atoms with van der Waals surface area (Å²) in [5.41, 5.74) is 2.47. The first-order valence-electron chi connectivity index (χ1n) is 8.20. The molecule has 0 bridgehead atoms. The van der Waals surface area contributed by atoms with Crippen molar-refractivity contribution in [2.24, 2.45) is 11.3 Å². The van der Waals surface area contributed by atoms with Crippen LogP contribution in [0, 0.1) is 11.3 Å². The number of likely N-dealkylation sites (tertiary alicyclic amines) is 1. The fourth-order valence-corrected chi connectivity index (χ4v) is 3.16. The van der Waals surface area contributed by atoms with Crippen LogP contribution < -0.4 is 0 Å². The van der Waals surface area contributed by atoms with Crippen LogP contribution in [0.3, 0.4) is 0 Å². The van der Waals surface area contributed by atoms with Crippen LogP contribution in [0.1, 0.15) is 57.0 Å². The SMILES string of the molecule is CCc1ccc(C(=O)C(C)N2CCC(C(C)(C)C)C2)cc1. The van der Waals surface area contributed by atoms with E-state index >= 15 is 0 Å². The van der Waals surface area contributed by atoms with Gasteiger partial charge < -0.3 is 0 Å². The Morgan fingerprint density at radius 1 is 1.29 bits per heavy atom. The molecular formula is C19H29NO. The van der Waals surface area contributed by atoms with E-state index in [1.165, 1.54) is 12.0 Å². The van der Waals surface area contributed by atoms with E-state index in [2.05, 4.69) is 51.7 Å². The van der Waals surface area contributed by atoms with Crippen LogP contribution >= 0.6 is 0 Å². The van der Waals surface area contributed by atoms with Gasteiger partial charge in [0.15, 0.2) is 5.78 Å². The largest absolute Gasteiger partial charge is 0.293 e. The van der Waals surface area contributed by atoms with Crippen molar-refractivity contribution in [2.75, 3.05) is 13.1 Å². The number of Topliss-reactive ketones (excluding diaryl/α,β-unsaturated/α-hetero) is 1. The number of aryl methyl sites for hydroxylation is 1. The number of hydrogen-bond acceptors (Lipinski definition) is 2. The molecule has 0 amide bonds. The number of ketones is 1. The lowest BCUT2D eigenvalue weighted by Gasteiger charge is -2.28. The van der Waals surface area contributed by atoms with Gasteiger partial charge in [-0.1, -0.05) is 52.0 Å². The molecule has 2 rings (SSSR count). The van der Waals surface area contributed by atoms with Gasteiger partial charge in [0, 0.05) is 12.1 Å². The monoisotopic (exact) mass is 287 g/mol. The Morgan fingerprint density at radius 2 is 1.90 bits per heavy atom. The first-order chi connectivity index (χ1) is 9.82. The summed E-state index contributed by atoms with van der Waals surface area (Å²) in [5, 5.41) is 0. The summed E-state index contributed by atoms with van der Waals surface area (Å²) < 4.78 is 0. The second-order valence-electron chi connectivity index (χ2n) is 7.44. The molecule has 21 heavy (non-hydrogen) atoms. The maximum absolute atomic E-state index is 12.6. The van der Waals surface area contributed by atoms with Crippen molar-refractivity contribution in [3.63, 3.8) is 0 Å². The Kier molecular flexibility index (Phi) is 4.88. The highest BCUT2D eigenvalue weighted by Gasteiger charge is 2.35. The zero-order valence-electron chi connectivity index (χ0n) is 14.1. The zero-order valence-corrected chi connectivity index (χ0v) is 14.1. The fraction of sp³-hybridized carbons (Fsp3) is 0.632. The Morgan fingerprint density at radius 3 is 2.38 bits per heavy atom. The molecule has 0 saturated carbocycles. The molecule has 1 aliphatic rings. The van der Waals surface area contributed by atoms with Gasteiger partial charge in [0.2, 0.25) is 0 Å². The minimum absolute atomic E-state index is 0.00942. The summed E-state index contributed by atoms with van der Waals surface area (Å²) in [7, 11) is 0. The number of benzene rings is 1. The van der Waals surface area contributed by atoms with E-state index in [9.17, 15) is 4.79 Å². The minimum atomic E-state index is -0.00942. The maximum atomic E-state index is 12.6. The highest BCUT2D eigenvalue weighted by molar-refractivity contribution is 5.99. The topological polar surface area (TPSA) is 20.3 Å². The Bertz CT molecular complexity index is 483. The molecule has 0 N–H and O–H groups in total. The highest BCUT2D eigenvalue weighted by Crippen LogP contribution is 2.34. The number of carbonyl (C=O) groups excluding carboxylic acids is 1. The minimum Gasteiger partial charge on any atom is -0.293 e. The van der Waals surface area contributed by atoms with Gasteiger partial charge in [0.1, 0.15) is 0 Å². The number of nitrogens with zero attached hydrogens (tertiary/aromatic N) is 1. The van der Waals surface area contributed by atoms with Gasteiger partial charge in [0.05, 0.1) is 6.04 Å². The number of rotatable bonds is 4. The molecule has 2 heteroatoms. The summed E-state index contributed by atoms with van der Waals surface area (Å²) in [6, 6.07) is 8.10. The molecule has 116 valence electrons. The van der Waals surface area contributed by atoms with E-state index in [0.29, 0.717) is 11.3 Å². The molecule has 1 fully saturated rings. The molecular weight excluding hydrogens is 258 g/mol. The van der Waals surface area contributed by atoms with E-state index in [1.54, 1.807) is 0 Å². The highest BCUT2D eigenvalue weighted by atomic mass is 16.1. The van der Waals surface area contributed by atoms with Gasteiger partial charge in [-0.25, -0.2) is 0 Å². The molecule has 1 heterocycles. The number of carbonyl (C=O) groups is 1. The van der Waals surface area contributed by atoms with Crippen LogP contribution in [-0.2, 0) is 6.42 Å². The molecule has 1 aromatic rings. The maximum Gasteiger partial charge on any atom is 0.179 e. The van der Waals surface area contributed by atoms with Gasteiger partial charge in [-0.3, -0.25) is 9.69 Å². The van der Waals surface area contributed by atoms with E-state index in [4.69, 9.17) is 0 Å². The van der Waals surface area contributed by atoms with E-state index in [0.717, 1.165) is 25.1 Å². The average molecular weight is 287 g/mol. The van der Waals surface area contributed by atoms with E-state index in [1.807, 2.05) is 12.1 Å². The third kappa shape index (κ3) is 3.74. The molecule has 1 saturated heterocycles. The lowest BCUT2D eigenvalue weighted by Crippen LogP contribution is -2.38. The standard InChI is InChI=1S/C19H29NO/c1-6-15-7-9-16(10-8-15)18(21)14(2)20-12-11-17(13-20)19(3,4)5/h7-10,14,17H,6,11-13H2,1-5H3. The zero-order chi connectivity index (χ0) is 15.6. The van der Waals surface area contributed by atoms with Crippen LogP contribution in [0.4, 0.5) is 0 Å². The Hall–Kier alpha value is -1.15. The van der Waals surface area contributed by atoms with Crippen molar-refractivity contribution in [3.8, 4) is 0 Å². The van der Waals surface area contributed by atoms with Crippen LogP contribution in [-0.4, -0.2) is 29.8 Å². The smallest absolute Gasteiger partial charge is 0.179 e. The molecule has 0 aliphatic carbocycles. The molecule has 0 radical (unpaired) electrons. The van der Waals surface area contributed by atoms with Crippen molar-refractivity contribution < 1.29 is 4.79 Å². The molecule has 0 aromatic heterocycles. The first-order valence-corrected chi connectivity index (χ1v) is 8.20. The average Bonchev–Trinajstić information content (AvgIpc) is 2.95. The quantitative estimate of drug-likeness (QED) is 0.774. The Balaban J connectivity index is 2.02. The van der Waals surface area contributed by atoms with Crippen molar-refractivity contribution in [1.29, 1.82) is 0 Å². The van der Waals surface area contributed by atoms with Gasteiger partial charge in [-0.05, 0) is 43.2 Å². The van der Waals surface area contributed by atoms with E-state index < -0.39 is 0 Å². The molecule has 2 atom stereocenters. The third-order valence-electron chi connectivity index (χ3n) is 5.02. The fourth-order valence-electron chi connectivity index (χ4n) is 3.16. The molecule has 2 unspecified atom stereocenters. The van der Waals surface area contributed by atoms with Crippen molar-refractivity contribution in [1.82, 2.24) is 4.90 Å². The van der Waals surface area contributed by atoms with Crippen molar-refractivity contribution in [2.45, 2.75) is 53.5 Å². The summed E-state index contributed by atoms with van der Waals surface area (Å²) in [5.74, 6) is 0.947. The lowest BCUT2D eigenvalue weighted by molar-refractivity contribution is 0.0853. The third-order valence-corrected chi connectivity index (χ3v) is 5.02. The first kappa shape index (κ1) is 16.2. The van der Waals surface area contributed by atoms with Gasteiger partial charge in [-0.2, -0.15) is 0 Å². The van der Waals surface area contributed by atoms with Gasteiger partial charge >= 0.3 is 0 Å². The van der Waals surface area contributed by atoms with Gasteiger partial charge in [-0.15, -0.1) is 0 Å². The van der Waals surface area contributed by atoms with Crippen LogP contribution in [0.2, 0.25) is 0 Å². The second kappa shape index (κ2) is 6.31. The summed E-state index contributed by atoms with van der Waals surface area (Å²) in [4.78, 5) is 15.0. The molecule has 1 aliphatic heterocycles. The lowest BCUT2D eigenvalue weighted by atomic mass is 9.80. The predicted octanol–water partition coefficient (Wildman–Crippen LogP) is 4.19. The normalized spacial score (nSPS) is 21.5. The Labute approximate surface area is 129 Å². The molecule has 2 nitrogen and oxygen atoms in total. The van der Waals surface area contributed by atoms with Crippen LogP contribution in [0.25, 0.3) is 0 Å². The summed E-state index contributed by atoms with van der Waals surface area (Å²) in [6.45, 7) is 13.2. The molecule has 0 spiro atoms. The van der Waals surface area contributed by atoms with E-state index in [-0.39, 0.29) is 11.8 Å². The van der Waals surface area contributed by atoms with Crippen LogP contribution in [0.15, 0.2) is 24.3 Å². The number of hydrogen-bond donors (Lipinski definition) is 0. The van der Waals surface area contributed by atoms with Crippen molar-refractivity contribution in [3.05, 3.63) is 35.4 Å². The summed E-state index contributed by atoms with van der Waals surface area (Å²) >= 11 is 0. The summed E-state index contributed by atoms with van der Waals surface area (Å²) in [6.07, 6.45) is 2.22. The van der Waals surface area contributed by atoms with Gasteiger partial charge in [0.25, 0.3) is 0 Å². The van der Waals surface area contributed by atoms with Crippen LogP contribution in [0.5, 0.6) is 0 Å². The predicted molar refractivity (Wildman–Crippen MR) is 88.7 cm³/mol. The van der Waals surface area contributed by atoms with Crippen molar-refractivity contribution >= 4 is 5.78 Å². The molecule has 1 aromatic carbocycles. The second-order valence-corrected chi connectivity index (χ2v) is 7.44.